The normalized spacial score (nSPS) is 9.31. The summed E-state index contributed by atoms with van der Waals surface area (Å²) in [5.41, 5.74) is 4.78. The van der Waals surface area contributed by atoms with Crippen LogP contribution in [-0.4, -0.2) is 74.3 Å². The van der Waals surface area contributed by atoms with E-state index >= 15 is 0 Å². The molecule has 0 aliphatic carbocycles. The maximum atomic E-state index is 9.84. The Labute approximate surface area is 123 Å². The molecule has 8 nitrogen and oxygen atoms in total. The van der Waals surface area contributed by atoms with Gasteiger partial charge in [-0.1, -0.05) is 0 Å². The minimum absolute atomic E-state index is 0. The van der Waals surface area contributed by atoms with Crippen molar-refractivity contribution >= 4 is 48.8 Å². The van der Waals surface area contributed by atoms with Crippen LogP contribution >= 0.6 is 19.2 Å². The van der Waals surface area contributed by atoms with Crippen molar-refractivity contribution in [3.63, 3.8) is 0 Å². The van der Waals surface area contributed by atoms with Gasteiger partial charge in [0.25, 0.3) is 10.8 Å². The van der Waals surface area contributed by atoms with Crippen LogP contribution in [0.1, 0.15) is 0 Å². The molecule has 0 unspecified atom stereocenters. The topological polar surface area (TPSA) is 170 Å². The molecular weight excluding hydrogens is 299 g/mol. The zero-order valence-electron chi connectivity index (χ0n) is 8.62. The van der Waals surface area contributed by atoms with Gasteiger partial charge in [0.15, 0.2) is 0 Å². The van der Waals surface area contributed by atoms with Crippen molar-refractivity contribution in [2.75, 3.05) is 25.2 Å². The average Bonchev–Trinajstić information content (AvgIpc) is 2.01. The van der Waals surface area contributed by atoms with Crippen LogP contribution in [0.25, 0.3) is 0 Å². The van der Waals surface area contributed by atoms with Crippen LogP contribution in [0.5, 0.6) is 0 Å². The number of nitrogens with two attached hydrogens (primary N) is 1. The zero-order valence-corrected chi connectivity index (χ0v) is 13.0. The van der Waals surface area contributed by atoms with Gasteiger partial charge in [0.1, 0.15) is 0 Å². The first-order chi connectivity index (χ1) is 6.71. The van der Waals surface area contributed by atoms with E-state index in [2.05, 4.69) is 0 Å². The summed E-state index contributed by atoms with van der Waals surface area (Å²) in [6.07, 6.45) is -0.228. The molecule has 12 heteroatoms. The number of rotatable bonds is 3. The molecule has 16 heavy (non-hydrogen) atoms. The first-order valence-electron chi connectivity index (χ1n) is 3.37. The van der Waals surface area contributed by atoms with Crippen LogP contribution in [0, 0.1) is 10.8 Å². The Balaban J connectivity index is -0.0000000700. The van der Waals surface area contributed by atoms with Crippen LogP contribution < -0.4 is 15.1 Å². The molecule has 0 amide bonds. The quantitative estimate of drug-likeness (QED) is 0.199. The van der Waals surface area contributed by atoms with Gasteiger partial charge in [-0.3, -0.25) is 4.57 Å². The van der Waals surface area contributed by atoms with E-state index in [0.717, 1.165) is 0 Å². The van der Waals surface area contributed by atoms with E-state index in [1.807, 2.05) is 0 Å². The van der Waals surface area contributed by atoms with Gasteiger partial charge < -0.3 is 29.9 Å². The van der Waals surface area contributed by atoms with E-state index in [1.165, 1.54) is 0 Å². The van der Waals surface area contributed by atoms with E-state index in [1.54, 1.807) is 0 Å². The van der Waals surface area contributed by atoms with Gasteiger partial charge in [-0.15, -0.1) is 11.6 Å². The molecule has 0 spiro atoms. The summed E-state index contributed by atoms with van der Waals surface area (Å²) < 4.78 is 33.8. The smallest absolute Gasteiger partial charge is 0.326 e. The Morgan fingerprint density at radius 2 is 1.62 bits per heavy atom. The largest absolute Gasteiger partial charge is 0.395 e. The summed E-state index contributed by atoms with van der Waals surface area (Å²) in [6.45, 7) is 0.472. The van der Waals surface area contributed by atoms with Crippen molar-refractivity contribution < 1.29 is 44.2 Å². The van der Waals surface area contributed by atoms with E-state index in [9.17, 15) is 4.57 Å². The van der Waals surface area contributed by atoms with Gasteiger partial charge in [-0.25, -0.2) is 0 Å². The second-order valence-electron chi connectivity index (χ2n) is 1.79. The number of hydrogen-bond donors (Lipinski definition) is 5. The Morgan fingerprint density at radius 3 is 1.62 bits per heavy atom. The molecule has 0 saturated carbocycles. The van der Waals surface area contributed by atoms with Gasteiger partial charge in [-0.05, 0) is 0 Å². The third-order valence-electron chi connectivity index (χ3n) is 0.505. The molecule has 0 aliphatic heterocycles. The molecule has 97 valence electrons. The first kappa shape index (κ1) is 26.2. The minimum Gasteiger partial charge on any atom is -0.395 e. The van der Waals surface area contributed by atoms with Gasteiger partial charge >= 0.3 is 7.60 Å². The molecule has 0 bridgehead atoms. The van der Waals surface area contributed by atoms with Gasteiger partial charge in [0.2, 0.25) is 0 Å². The standard InChI is InChI=1S/C2H6ClO3P.C2H7NO.ClHO3.Na/c3-1-2-7(4,5)6;3-1-2-4;2-1(3)4;/h1-2H2,(H2,4,5,6);4H,1-3H2;2H;. The van der Waals surface area contributed by atoms with Crippen LogP contribution in [-0.2, 0) is 4.57 Å². The Kier molecular flexibility index (Phi) is 30.9. The van der Waals surface area contributed by atoms with Crippen molar-refractivity contribution in [2.24, 2.45) is 5.73 Å². The summed E-state index contributed by atoms with van der Waals surface area (Å²) in [5.74, 6) is 0.0181. The molecule has 1 radical (unpaired) electrons. The van der Waals surface area contributed by atoms with Gasteiger partial charge in [0.05, 0.1) is 12.8 Å². The summed E-state index contributed by atoms with van der Waals surface area (Å²) >= 11 is 4.99. The monoisotopic (exact) mass is 312 g/mol. The van der Waals surface area contributed by atoms with E-state index < -0.39 is 18.4 Å². The van der Waals surface area contributed by atoms with Gasteiger partial charge in [-0.2, -0.15) is 0 Å². The molecule has 0 fully saturated rings. The fourth-order valence-corrected chi connectivity index (χ4v) is 0.991. The number of alkyl halides is 1. The Morgan fingerprint density at radius 1 is 1.38 bits per heavy atom. The van der Waals surface area contributed by atoms with E-state index in [4.69, 9.17) is 46.2 Å². The average molecular weight is 313 g/mol. The van der Waals surface area contributed by atoms with Crippen molar-refractivity contribution in [1.29, 1.82) is 0 Å². The SMILES string of the molecule is NCCO.O=P(O)(O)CCCl.[Na].[O-][Cl+2]([O-])O. The second kappa shape index (κ2) is 18.9. The number of aliphatic hydroxyl groups is 1. The first-order valence-corrected chi connectivity index (χ1v) is 6.66. The summed E-state index contributed by atoms with van der Waals surface area (Å²) in [6, 6.07) is 0. The molecule has 0 rings (SSSR count). The number of aliphatic hydroxyl groups excluding tert-OH is 1. The molecule has 0 aromatic heterocycles. The maximum absolute atomic E-state index is 9.84. The predicted molar refractivity (Wildman–Crippen MR) is 51.7 cm³/mol. The molecule has 0 aromatic rings. The van der Waals surface area contributed by atoms with Crippen LogP contribution in [0.2, 0.25) is 0 Å². The third-order valence-corrected chi connectivity index (χ3v) is 1.76. The number of halogens is 2. The molecular formula is C4H14Cl2NNaO7P. The summed E-state index contributed by atoms with van der Waals surface area (Å²) in [5, 5.41) is 7.75. The fourth-order valence-electron chi connectivity index (χ4n) is 0.110. The molecule has 0 saturated heterocycles. The van der Waals surface area contributed by atoms with Crippen LogP contribution in [0.3, 0.4) is 0 Å². The van der Waals surface area contributed by atoms with E-state index in [0.29, 0.717) is 6.54 Å². The molecule has 0 atom stereocenters. The minimum atomic E-state index is -3.80. The van der Waals surface area contributed by atoms with Gasteiger partial charge in [0, 0.05) is 46.6 Å². The van der Waals surface area contributed by atoms with E-state index in [-0.39, 0.29) is 48.2 Å². The predicted octanol–water partition coefficient (Wildman–Crippen LogP) is -3.98. The third kappa shape index (κ3) is 76.9. The Hall–Kier alpha value is 1.53. The van der Waals surface area contributed by atoms with Crippen molar-refractivity contribution in [2.45, 2.75) is 0 Å². The summed E-state index contributed by atoms with van der Waals surface area (Å²) in [7, 11) is -6.40. The van der Waals surface area contributed by atoms with Crippen LogP contribution in [0.4, 0.5) is 0 Å². The zero-order chi connectivity index (χ0) is 12.9. The Bertz CT molecular complexity index is 155. The summed E-state index contributed by atoms with van der Waals surface area (Å²) in [4.78, 5) is 16.1. The molecule has 0 heterocycles. The molecule has 0 aliphatic rings. The van der Waals surface area contributed by atoms with Crippen LogP contribution in [0.15, 0.2) is 0 Å². The molecule has 0 aromatic carbocycles. The number of hydrogen-bond acceptors (Lipinski definition) is 6. The van der Waals surface area contributed by atoms with Crippen molar-refractivity contribution in [3.05, 3.63) is 0 Å². The maximum Gasteiger partial charge on any atom is 0.326 e. The fraction of sp³-hybridized carbons (Fsp3) is 1.00. The second-order valence-corrected chi connectivity index (χ2v) is 4.35. The molecule has 6 N–H and O–H groups in total. The van der Waals surface area contributed by atoms with Crippen molar-refractivity contribution in [3.8, 4) is 0 Å². The van der Waals surface area contributed by atoms with Crippen molar-refractivity contribution in [1.82, 2.24) is 0 Å².